The third-order valence-corrected chi connectivity index (χ3v) is 2.79. The van der Waals surface area contributed by atoms with Gasteiger partial charge in [0.2, 0.25) is 0 Å². The number of hydrogen-bond acceptors (Lipinski definition) is 2. The summed E-state index contributed by atoms with van der Waals surface area (Å²) in [6.45, 7) is 3.93. The summed E-state index contributed by atoms with van der Waals surface area (Å²) in [5.74, 6) is -2.33. The molecule has 1 unspecified atom stereocenters. The van der Waals surface area contributed by atoms with Gasteiger partial charge in [0.15, 0.2) is 0 Å². The molecule has 0 aliphatic rings. The molecule has 1 atom stereocenters. The van der Waals surface area contributed by atoms with Gasteiger partial charge in [0.25, 0.3) is 0 Å². The highest BCUT2D eigenvalue weighted by atomic mass is 16.4. The van der Waals surface area contributed by atoms with Crippen LogP contribution < -0.4 is 0 Å². The summed E-state index contributed by atoms with van der Waals surface area (Å²) in [7, 11) is 0. The fourth-order valence-corrected chi connectivity index (χ4v) is 1.99. The quantitative estimate of drug-likeness (QED) is 0.824. The molecule has 1 rings (SSSR count). The van der Waals surface area contributed by atoms with Crippen molar-refractivity contribution in [3.8, 4) is 0 Å². The fourth-order valence-electron chi connectivity index (χ4n) is 1.99. The van der Waals surface area contributed by atoms with E-state index in [9.17, 15) is 9.59 Å². The van der Waals surface area contributed by atoms with Crippen LogP contribution >= 0.6 is 0 Å². The van der Waals surface area contributed by atoms with Gasteiger partial charge >= 0.3 is 11.9 Å². The Balaban J connectivity index is 3.34. The molecule has 92 valence electrons. The number of rotatable bonds is 5. The van der Waals surface area contributed by atoms with Crippen molar-refractivity contribution in [3.63, 3.8) is 0 Å². The van der Waals surface area contributed by atoms with Gasteiger partial charge < -0.3 is 10.2 Å². The van der Waals surface area contributed by atoms with Crippen LogP contribution in [0.15, 0.2) is 18.2 Å². The Bertz CT molecular complexity index is 437. The van der Waals surface area contributed by atoms with Crippen LogP contribution in [0.3, 0.4) is 0 Å². The van der Waals surface area contributed by atoms with E-state index < -0.39 is 11.9 Å². The first-order valence-corrected chi connectivity index (χ1v) is 5.58. The average molecular weight is 236 g/mol. The van der Waals surface area contributed by atoms with Gasteiger partial charge in [-0.2, -0.15) is 0 Å². The van der Waals surface area contributed by atoms with Crippen molar-refractivity contribution < 1.29 is 19.8 Å². The van der Waals surface area contributed by atoms with Gasteiger partial charge in [-0.25, -0.2) is 9.59 Å². The monoisotopic (exact) mass is 236 g/mol. The number of hydrogen-bond donors (Lipinski definition) is 2. The molecule has 0 heterocycles. The van der Waals surface area contributed by atoms with E-state index in [1.807, 2.05) is 13.8 Å². The molecule has 0 aliphatic heterocycles. The number of carboxylic acids is 2. The maximum absolute atomic E-state index is 11.2. The van der Waals surface area contributed by atoms with Crippen LogP contribution in [-0.4, -0.2) is 22.2 Å². The van der Waals surface area contributed by atoms with E-state index in [0.717, 1.165) is 12.8 Å². The van der Waals surface area contributed by atoms with Crippen molar-refractivity contribution in [2.45, 2.75) is 32.6 Å². The van der Waals surface area contributed by atoms with Crippen LogP contribution in [0.5, 0.6) is 0 Å². The molecule has 0 aliphatic carbocycles. The van der Waals surface area contributed by atoms with E-state index in [4.69, 9.17) is 10.2 Å². The van der Waals surface area contributed by atoms with Crippen LogP contribution in [0.25, 0.3) is 0 Å². The molecule has 0 saturated carbocycles. The van der Waals surface area contributed by atoms with Crippen molar-refractivity contribution in [2.24, 2.45) is 0 Å². The SMILES string of the molecule is CCCC(C)c1cccc(C(=O)O)c1C(=O)O. The molecular weight excluding hydrogens is 220 g/mol. The fraction of sp³-hybridized carbons (Fsp3) is 0.385. The first kappa shape index (κ1) is 13.2. The van der Waals surface area contributed by atoms with Crippen molar-refractivity contribution in [2.75, 3.05) is 0 Å². The van der Waals surface area contributed by atoms with Crippen LogP contribution in [0.1, 0.15) is 58.9 Å². The Labute approximate surface area is 99.9 Å². The summed E-state index contributed by atoms with van der Waals surface area (Å²) in [6.07, 6.45) is 1.76. The van der Waals surface area contributed by atoms with E-state index >= 15 is 0 Å². The van der Waals surface area contributed by atoms with E-state index in [0.29, 0.717) is 5.56 Å². The summed E-state index contributed by atoms with van der Waals surface area (Å²) >= 11 is 0. The highest BCUT2D eigenvalue weighted by Gasteiger charge is 2.22. The number of carbonyl (C=O) groups is 2. The van der Waals surface area contributed by atoms with E-state index in [1.165, 1.54) is 6.07 Å². The smallest absolute Gasteiger partial charge is 0.336 e. The minimum Gasteiger partial charge on any atom is -0.478 e. The Kier molecular flexibility index (Phi) is 4.26. The first-order chi connectivity index (χ1) is 7.99. The number of aromatic carboxylic acids is 2. The highest BCUT2D eigenvalue weighted by Crippen LogP contribution is 2.26. The van der Waals surface area contributed by atoms with Crippen LogP contribution in [0, 0.1) is 0 Å². The summed E-state index contributed by atoms with van der Waals surface area (Å²) in [4.78, 5) is 22.2. The molecule has 0 amide bonds. The molecule has 0 radical (unpaired) electrons. The summed E-state index contributed by atoms with van der Waals surface area (Å²) in [6, 6.07) is 4.61. The minimum atomic E-state index is -1.20. The zero-order chi connectivity index (χ0) is 13.0. The lowest BCUT2D eigenvalue weighted by molar-refractivity contribution is 0.0650. The third-order valence-electron chi connectivity index (χ3n) is 2.79. The normalized spacial score (nSPS) is 12.1. The van der Waals surface area contributed by atoms with Gasteiger partial charge in [0.1, 0.15) is 0 Å². The van der Waals surface area contributed by atoms with Gasteiger partial charge in [-0.1, -0.05) is 32.4 Å². The summed E-state index contributed by atoms with van der Waals surface area (Å²) in [5.41, 5.74) is 0.373. The largest absolute Gasteiger partial charge is 0.478 e. The lowest BCUT2D eigenvalue weighted by atomic mass is 9.89. The molecule has 17 heavy (non-hydrogen) atoms. The predicted octanol–water partition coefficient (Wildman–Crippen LogP) is 2.99. The lowest BCUT2D eigenvalue weighted by Crippen LogP contribution is -2.13. The van der Waals surface area contributed by atoms with Gasteiger partial charge in [-0.3, -0.25) is 0 Å². The molecule has 0 aromatic heterocycles. The van der Waals surface area contributed by atoms with Crippen molar-refractivity contribution in [1.29, 1.82) is 0 Å². The molecule has 4 heteroatoms. The molecular formula is C13H16O4. The average Bonchev–Trinajstić information content (AvgIpc) is 2.28. The molecule has 0 saturated heterocycles. The second-order valence-corrected chi connectivity index (χ2v) is 4.07. The molecule has 1 aromatic rings. The molecule has 2 N–H and O–H groups in total. The Hall–Kier alpha value is -1.84. The predicted molar refractivity (Wildman–Crippen MR) is 63.7 cm³/mol. The lowest BCUT2D eigenvalue weighted by Gasteiger charge is -2.15. The highest BCUT2D eigenvalue weighted by molar-refractivity contribution is 6.02. The first-order valence-electron chi connectivity index (χ1n) is 5.58. The van der Waals surface area contributed by atoms with Crippen molar-refractivity contribution >= 4 is 11.9 Å². The van der Waals surface area contributed by atoms with Crippen molar-refractivity contribution in [1.82, 2.24) is 0 Å². The molecule has 4 nitrogen and oxygen atoms in total. The maximum Gasteiger partial charge on any atom is 0.336 e. The standard InChI is InChI=1S/C13H16O4/c1-3-5-8(2)9-6-4-7-10(12(14)15)11(9)13(16)17/h4,6-8H,3,5H2,1-2H3,(H,14,15)(H,16,17). The van der Waals surface area contributed by atoms with Gasteiger partial charge in [-0.15, -0.1) is 0 Å². The second kappa shape index (κ2) is 5.48. The summed E-state index contributed by atoms with van der Waals surface area (Å²) < 4.78 is 0. The number of benzene rings is 1. The van der Waals surface area contributed by atoms with E-state index in [1.54, 1.807) is 12.1 Å². The molecule has 0 bridgehead atoms. The van der Waals surface area contributed by atoms with Crippen LogP contribution in [0.4, 0.5) is 0 Å². The van der Waals surface area contributed by atoms with Gasteiger partial charge in [-0.05, 0) is 24.0 Å². The zero-order valence-electron chi connectivity index (χ0n) is 9.93. The summed E-state index contributed by atoms with van der Waals surface area (Å²) in [5, 5.41) is 18.1. The van der Waals surface area contributed by atoms with Gasteiger partial charge in [0.05, 0.1) is 11.1 Å². The van der Waals surface area contributed by atoms with Crippen LogP contribution in [0.2, 0.25) is 0 Å². The molecule has 1 aromatic carbocycles. The maximum atomic E-state index is 11.2. The zero-order valence-corrected chi connectivity index (χ0v) is 9.93. The van der Waals surface area contributed by atoms with Crippen LogP contribution in [-0.2, 0) is 0 Å². The van der Waals surface area contributed by atoms with E-state index in [2.05, 4.69) is 0 Å². The topological polar surface area (TPSA) is 74.6 Å². The molecule has 0 fully saturated rings. The minimum absolute atomic E-state index is 0.0467. The third kappa shape index (κ3) is 2.84. The number of carboxylic acid groups (broad SMARTS) is 2. The van der Waals surface area contributed by atoms with E-state index in [-0.39, 0.29) is 17.0 Å². The van der Waals surface area contributed by atoms with Gasteiger partial charge in [0, 0.05) is 0 Å². The Morgan fingerprint density at radius 2 is 1.88 bits per heavy atom. The Morgan fingerprint density at radius 1 is 1.24 bits per heavy atom. The van der Waals surface area contributed by atoms with Crippen molar-refractivity contribution in [3.05, 3.63) is 34.9 Å². The Morgan fingerprint density at radius 3 is 2.35 bits per heavy atom. The molecule has 0 spiro atoms. The second-order valence-electron chi connectivity index (χ2n) is 4.07.